The summed E-state index contributed by atoms with van der Waals surface area (Å²) in [5, 5.41) is 19.9. The first-order valence-corrected chi connectivity index (χ1v) is 14.5. The molecular weight excluding hydrogens is 512 g/mol. The Kier molecular flexibility index (Phi) is 8.13. The number of aliphatic hydroxyl groups is 1. The highest BCUT2D eigenvalue weighted by Gasteiger charge is 2.50. The molecule has 0 spiro atoms. The molecule has 1 saturated heterocycles. The predicted octanol–water partition coefficient (Wildman–Crippen LogP) is 3.45. The van der Waals surface area contributed by atoms with Crippen molar-refractivity contribution in [2.75, 3.05) is 18.8 Å². The van der Waals surface area contributed by atoms with E-state index in [0.717, 1.165) is 16.9 Å². The van der Waals surface area contributed by atoms with E-state index in [9.17, 15) is 28.3 Å². The number of amides is 2. The van der Waals surface area contributed by atoms with Crippen LogP contribution >= 0.6 is 11.3 Å². The Labute approximate surface area is 220 Å². The van der Waals surface area contributed by atoms with Gasteiger partial charge in [0.05, 0.1) is 12.2 Å². The predicted molar refractivity (Wildman–Crippen MR) is 142 cm³/mol. The van der Waals surface area contributed by atoms with Crippen LogP contribution in [0.3, 0.4) is 0 Å². The van der Waals surface area contributed by atoms with E-state index in [2.05, 4.69) is 6.92 Å². The third-order valence-corrected chi connectivity index (χ3v) is 10.9. The molecule has 0 aliphatic carbocycles. The van der Waals surface area contributed by atoms with Gasteiger partial charge < -0.3 is 10.0 Å². The zero-order valence-electron chi connectivity index (χ0n) is 20.5. The van der Waals surface area contributed by atoms with Gasteiger partial charge in [-0.2, -0.15) is 0 Å². The lowest BCUT2D eigenvalue weighted by Gasteiger charge is -2.30. The number of nitrogens with zero attached hydrogens (tertiary/aromatic N) is 1. The normalized spacial score (nSPS) is 20.1. The van der Waals surface area contributed by atoms with E-state index in [-0.39, 0.29) is 25.3 Å². The number of thiophene rings is 1. The molecule has 4 rings (SSSR count). The maximum atomic E-state index is 13.8. The molecule has 10 heteroatoms. The number of hydrogen-bond acceptors (Lipinski definition) is 7. The van der Waals surface area contributed by atoms with Crippen molar-refractivity contribution < 1.29 is 28.3 Å². The van der Waals surface area contributed by atoms with Crippen LogP contribution in [-0.2, 0) is 30.6 Å². The van der Waals surface area contributed by atoms with Crippen molar-refractivity contribution in [1.82, 2.24) is 10.4 Å². The molecule has 1 aromatic heterocycles. The lowest BCUT2D eigenvalue weighted by Crippen LogP contribution is -2.41. The number of benzene rings is 2. The van der Waals surface area contributed by atoms with Crippen LogP contribution in [-0.4, -0.2) is 54.3 Å². The standard InChI is InChI=1S/C27H30N2O6S2/c1-2-19-8-10-20(11-9-19)22-12-13-23(36-22)27(18-24(30)28-33)14-15-29(16-17-37(27,34)35)26(32)25(31)21-6-4-3-5-7-21/h3-13,25,31,33H,2,14-18H2,1H3,(H,28,30)/t25-,27?/m0/s1. The van der Waals surface area contributed by atoms with Crippen molar-refractivity contribution in [3.63, 3.8) is 0 Å². The zero-order chi connectivity index (χ0) is 26.6. The number of aliphatic hydroxyl groups excluding tert-OH is 1. The number of hydroxylamine groups is 1. The van der Waals surface area contributed by atoms with Gasteiger partial charge in [0, 0.05) is 22.8 Å². The third kappa shape index (κ3) is 5.47. The molecule has 0 radical (unpaired) electrons. The molecule has 3 aromatic rings. The van der Waals surface area contributed by atoms with E-state index in [0.29, 0.717) is 10.4 Å². The van der Waals surface area contributed by atoms with Crippen LogP contribution in [0.4, 0.5) is 0 Å². The summed E-state index contributed by atoms with van der Waals surface area (Å²) in [7, 11) is -3.95. The van der Waals surface area contributed by atoms with Gasteiger partial charge >= 0.3 is 0 Å². The fraction of sp³-hybridized carbons (Fsp3) is 0.333. The Bertz CT molecular complexity index is 1360. The smallest absolute Gasteiger partial charge is 0.256 e. The molecule has 8 nitrogen and oxygen atoms in total. The van der Waals surface area contributed by atoms with E-state index >= 15 is 0 Å². The van der Waals surface area contributed by atoms with Gasteiger partial charge in [-0.25, -0.2) is 13.9 Å². The quantitative estimate of drug-likeness (QED) is 0.310. The molecule has 2 amide bonds. The Morgan fingerprint density at radius 1 is 1.05 bits per heavy atom. The Morgan fingerprint density at radius 3 is 2.41 bits per heavy atom. The van der Waals surface area contributed by atoms with Gasteiger partial charge in [0.25, 0.3) is 5.91 Å². The fourth-order valence-corrected chi connectivity index (χ4v) is 8.29. The second-order valence-corrected chi connectivity index (χ2v) is 12.6. The molecule has 37 heavy (non-hydrogen) atoms. The van der Waals surface area contributed by atoms with Crippen molar-refractivity contribution in [2.45, 2.75) is 37.0 Å². The number of hydrogen-bond donors (Lipinski definition) is 3. The van der Waals surface area contributed by atoms with Gasteiger partial charge in [0.2, 0.25) is 5.91 Å². The SMILES string of the molecule is CCc1ccc(-c2ccc(C3(CC(=O)NO)CCN(C(=O)[C@@H](O)c4ccccc4)CCS3(=O)=O)s2)cc1. The Balaban J connectivity index is 1.68. The number of carbonyl (C=O) groups excluding carboxylic acids is 2. The highest BCUT2D eigenvalue weighted by molar-refractivity contribution is 7.92. The second-order valence-electron chi connectivity index (χ2n) is 9.13. The number of sulfone groups is 1. The minimum atomic E-state index is -3.95. The summed E-state index contributed by atoms with van der Waals surface area (Å²) < 4.78 is 25.9. The van der Waals surface area contributed by atoms with Crippen LogP contribution in [0.2, 0.25) is 0 Å². The molecule has 0 saturated carbocycles. The first kappa shape index (κ1) is 27.0. The van der Waals surface area contributed by atoms with Crippen molar-refractivity contribution in [2.24, 2.45) is 0 Å². The summed E-state index contributed by atoms with van der Waals surface area (Å²) in [4.78, 5) is 28.1. The van der Waals surface area contributed by atoms with Crippen molar-refractivity contribution >= 4 is 33.0 Å². The second kappa shape index (κ2) is 11.1. The average molecular weight is 543 g/mol. The largest absolute Gasteiger partial charge is 0.378 e. The summed E-state index contributed by atoms with van der Waals surface area (Å²) in [5.74, 6) is -1.79. The minimum absolute atomic E-state index is 0.0269. The summed E-state index contributed by atoms with van der Waals surface area (Å²) in [5.41, 5.74) is 4.11. The maximum Gasteiger partial charge on any atom is 0.256 e. The molecule has 1 aliphatic rings. The van der Waals surface area contributed by atoms with E-state index in [1.807, 2.05) is 30.3 Å². The van der Waals surface area contributed by atoms with Crippen LogP contribution in [0, 0.1) is 0 Å². The van der Waals surface area contributed by atoms with Crippen LogP contribution in [0.15, 0.2) is 66.7 Å². The first-order valence-electron chi connectivity index (χ1n) is 12.1. The summed E-state index contributed by atoms with van der Waals surface area (Å²) in [6, 6.07) is 20.0. The van der Waals surface area contributed by atoms with Crippen molar-refractivity contribution in [3.05, 3.63) is 82.7 Å². The van der Waals surface area contributed by atoms with Gasteiger partial charge in [-0.1, -0.05) is 61.5 Å². The molecule has 2 heterocycles. The molecule has 2 atom stereocenters. The van der Waals surface area contributed by atoms with Gasteiger partial charge in [-0.3, -0.25) is 14.8 Å². The van der Waals surface area contributed by atoms with Crippen LogP contribution in [0.5, 0.6) is 0 Å². The van der Waals surface area contributed by atoms with Gasteiger partial charge in [0.15, 0.2) is 15.9 Å². The lowest BCUT2D eigenvalue weighted by molar-refractivity contribution is -0.140. The monoisotopic (exact) mass is 542 g/mol. The summed E-state index contributed by atoms with van der Waals surface area (Å²) in [6.45, 7) is 1.99. The molecule has 0 bridgehead atoms. The molecule has 2 aromatic carbocycles. The van der Waals surface area contributed by atoms with Gasteiger partial charge in [-0.15, -0.1) is 11.3 Å². The molecular formula is C27H30N2O6S2. The van der Waals surface area contributed by atoms with Crippen LogP contribution in [0.25, 0.3) is 10.4 Å². The lowest BCUT2D eigenvalue weighted by atomic mass is 9.97. The van der Waals surface area contributed by atoms with E-state index in [1.54, 1.807) is 41.9 Å². The molecule has 3 N–H and O–H groups in total. The zero-order valence-corrected chi connectivity index (χ0v) is 22.1. The number of nitrogens with one attached hydrogen (secondary N) is 1. The number of carbonyl (C=O) groups is 2. The summed E-state index contributed by atoms with van der Waals surface area (Å²) >= 11 is 1.29. The molecule has 1 unspecified atom stereocenters. The van der Waals surface area contributed by atoms with Crippen molar-refractivity contribution in [1.29, 1.82) is 0 Å². The highest BCUT2D eigenvalue weighted by atomic mass is 32.2. The van der Waals surface area contributed by atoms with Crippen molar-refractivity contribution in [3.8, 4) is 10.4 Å². The van der Waals surface area contributed by atoms with Crippen LogP contribution in [0.1, 0.15) is 41.9 Å². The highest BCUT2D eigenvalue weighted by Crippen LogP contribution is 2.45. The molecule has 196 valence electrons. The third-order valence-electron chi connectivity index (χ3n) is 6.94. The number of aryl methyl sites for hydroxylation is 1. The van der Waals surface area contributed by atoms with Crippen LogP contribution < -0.4 is 5.48 Å². The van der Waals surface area contributed by atoms with E-state index in [4.69, 9.17) is 0 Å². The fourth-order valence-electron chi connectivity index (χ4n) is 4.68. The minimum Gasteiger partial charge on any atom is -0.378 e. The topological polar surface area (TPSA) is 124 Å². The maximum absolute atomic E-state index is 13.8. The Morgan fingerprint density at radius 2 is 1.76 bits per heavy atom. The number of rotatable bonds is 7. The molecule has 1 aliphatic heterocycles. The van der Waals surface area contributed by atoms with E-state index < -0.39 is 38.9 Å². The average Bonchev–Trinajstić information content (AvgIpc) is 3.38. The van der Waals surface area contributed by atoms with E-state index in [1.165, 1.54) is 21.8 Å². The van der Waals surface area contributed by atoms with Gasteiger partial charge in [-0.05, 0) is 41.7 Å². The van der Waals surface area contributed by atoms with Gasteiger partial charge in [0.1, 0.15) is 4.75 Å². The Hall–Kier alpha value is -3.05. The first-order chi connectivity index (χ1) is 17.7. The summed E-state index contributed by atoms with van der Waals surface area (Å²) in [6.07, 6.45) is -1.05. The molecule has 1 fully saturated rings.